The maximum Gasteiger partial charge on any atom is 0.272 e. The summed E-state index contributed by atoms with van der Waals surface area (Å²) in [6, 6.07) is 9.47. The van der Waals surface area contributed by atoms with Crippen molar-refractivity contribution in [1.82, 2.24) is 15.4 Å². The summed E-state index contributed by atoms with van der Waals surface area (Å²) in [7, 11) is 0. The summed E-state index contributed by atoms with van der Waals surface area (Å²) in [6.07, 6.45) is 1.68. The highest BCUT2D eigenvalue weighted by Gasteiger charge is 2.28. The molecule has 1 aromatic heterocycles. The zero-order chi connectivity index (χ0) is 17.9. The van der Waals surface area contributed by atoms with Gasteiger partial charge in [-0.1, -0.05) is 24.4 Å². The van der Waals surface area contributed by atoms with Gasteiger partial charge in [0.1, 0.15) is 10.8 Å². The molecule has 2 aromatic rings. The number of halogens is 1. The molecule has 0 bridgehead atoms. The van der Waals surface area contributed by atoms with E-state index in [0.29, 0.717) is 4.99 Å². The van der Waals surface area contributed by atoms with Crippen LogP contribution in [-0.2, 0) is 0 Å². The Bertz CT molecular complexity index is 771. The number of pyridine rings is 1. The molecule has 126 valence electrons. The lowest BCUT2D eigenvalue weighted by molar-refractivity contribution is 0.0776. The molecule has 0 aliphatic carbocycles. The number of carbonyl (C=O) groups is 1. The smallest absolute Gasteiger partial charge is 0.269 e. The van der Waals surface area contributed by atoms with Crippen LogP contribution in [0.5, 0.6) is 0 Å². The number of carbonyl (C=O) groups excluding carboxylic acids is 1. The van der Waals surface area contributed by atoms with E-state index in [4.69, 9.17) is 12.2 Å². The zero-order valence-corrected chi connectivity index (χ0v) is 14.9. The molecular formula is C18H20FN3OS. The Morgan fingerprint density at radius 1 is 1.17 bits per heavy atom. The molecule has 0 unspecified atom stereocenters. The second-order valence-electron chi connectivity index (χ2n) is 6.37. The Morgan fingerprint density at radius 2 is 1.79 bits per heavy atom. The Morgan fingerprint density at radius 3 is 2.38 bits per heavy atom. The van der Waals surface area contributed by atoms with Crippen molar-refractivity contribution in [3.05, 3.63) is 65.2 Å². The second kappa shape index (κ2) is 7.05. The molecule has 0 atom stereocenters. The highest BCUT2D eigenvalue weighted by atomic mass is 32.1. The number of rotatable bonds is 2. The Hall–Kier alpha value is -2.34. The number of aromatic nitrogens is 1. The molecular weight excluding hydrogens is 325 g/mol. The molecule has 0 saturated heterocycles. The summed E-state index contributed by atoms with van der Waals surface area (Å²) >= 11 is 5.56. The third-order valence-electron chi connectivity index (χ3n) is 3.44. The number of hydrogen-bond acceptors (Lipinski definition) is 3. The normalized spacial score (nSPS) is 11.0. The van der Waals surface area contributed by atoms with Crippen LogP contribution in [0.4, 0.5) is 4.39 Å². The topological polar surface area (TPSA) is 45.2 Å². The number of nitrogens with one attached hydrogen (secondary N) is 1. The van der Waals surface area contributed by atoms with Gasteiger partial charge in [0.25, 0.3) is 5.91 Å². The average molecular weight is 345 g/mol. The summed E-state index contributed by atoms with van der Waals surface area (Å²) in [5, 5.41) is 1.57. The number of aryl methyl sites for hydroxylation is 1. The minimum Gasteiger partial charge on any atom is -0.269 e. The summed E-state index contributed by atoms with van der Waals surface area (Å²) in [5.74, 6) is -1.13. The molecule has 0 saturated carbocycles. The number of benzene rings is 1. The highest BCUT2D eigenvalue weighted by molar-refractivity contribution is 7.80. The average Bonchev–Trinajstić information content (AvgIpc) is 2.51. The number of nitrogens with zero attached hydrogens (tertiary/aromatic N) is 2. The van der Waals surface area contributed by atoms with Gasteiger partial charge in [-0.3, -0.25) is 20.2 Å². The van der Waals surface area contributed by atoms with Gasteiger partial charge in [0.15, 0.2) is 0 Å². The molecule has 0 aliphatic rings. The fraction of sp³-hybridized carbons (Fsp3) is 0.278. The van der Waals surface area contributed by atoms with Crippen LogP contribution < -0.4 is 5.43 Å². The third kappa shape index (κ3) is 3.94. The zero-order valence-electron chi connectivity index (χ0n) is 14.1. The third-order valence-corrected chi connectivity index (χ3v) is 3.85. The number of thiocarbonyl (C=S) groups is 1. The minimum absolute atomic E-state index is 0.0301. The van der Waals surface area contributed by atoms with E-state index in [9.17, 15) is 9.18 Å². The predicted molar refractivity (Wildman–Crippen MR) is 96.1 cm³/mol. The summed E-state index contributed by atoms with van der Waals surface area (Å²) < 4.78 is 13.9. The van der Waals surface area contributed by atoms with E-state index in [1.807, 2.05) is 33.8 Å². The van der Waals surface area contributed by atoms with Crippen molar-refractivity contribution in [1.29, 1.82) is 0 Å². The molecule has 1 amide bonds. The number of amides is 1. The van der Waals surface area contributed by atoms with E-state index in [-0.39, 0.29) is 5.56 Å². The fourth-order valence-electron chi connectivity index (χ4n) is 2.16. The molecule has 1 N–H and O–H groups in total. The quantitative estimate of drug-likeness (QED) is 0.667. The van der Waals surface area contributed by atoms with Gasteiger partial charge >= 0.3 is 0 Å². The lowest BCUT2D eigenvalue weighted by atomic mass is 10.1. The van der Waals surface area contributed by atoms with Crippen molar-refractivity contribution in [3.8, 4) is 0 Å². The maximum atomic E-state index is 13.9. The Kier molecular flexibility index (Phi) is 5.29. The van der Waals surface area contributed by atoms with Crippen molar-refractivity contribution in [2.45, 2.75) is 33.2 Å². The van der Waals surface area contributed by atoms with Crippen LogP contribution >= 0.6 is 12.2 Å². The standard InChI is InChI=1S/C18H20FN3OS/c1-12-13(9-7-11-20-12)17(24)22(18(2,3)4)21-16(23)14-8-5-6-10-15(14)19/h5-11H,1-4H3,(H,21,23). The van der Waals surface area contributed by atoms with Crippen LogP contribution in [0.25, 0.3) is 0 Å². The van der Waals surface area contributed by atoms with Crippen LogP contribution in [0.15, 0.2) is 42.6 Å². The second-order valence-corrected chi connectivity index (χ2v) is 6.76. The lowest BCUT2D eigenvalue weighted by Gasteiger charge is -2.37. The highest BCUT2D eigenvalue weighted by Crippen LogP contribution is 2.18. The maximum absolute atomic E-state index is 13.9. The first-order valence-electron chi connectivity index (χ1n) is 7.53. The van der Waals surface area contributed by atoms with Crippen molar-refractivity contribution in [2.24, 2.45) is 0 Å². The molecule has 0 aliphatic heterocycles. The molecule has 24 heavy (non-hydrogen) atoms. The van der Waals surface area contributed by atoms with E-state index in [1.54, 1.807) is 23.3 Å². The Balaban J connectivity index is 2.34. The molecule has 0 radical (unpaired) electrons. The van der Waals surface area contributed by atoms with Crippen molar-refractivity contribution < 1.29 is 9.18 Å². The molecule has 2 rings (SSSR count). The Labute approximate surface area is 146 Å². The fourth-order valence-corrected chi connectivity index (χ4v) is 2.70. The molecule has 1 heterocycles. The summed E-state index contributed by atoms with van der Waals surface area (Å²) in [5.41, 5.74) is 3.70. The lowest BCUT2D eigenvalue weighted by Crippen LogP contribution is -2.55. The summed E-state index contributed by atoms with van der Waals surface area (Å²) in [6.45, 7) is 7.58. The van der Waals surface area contributed by atoms with Crippen LogP contribution in [0.1, 0.15) is 42.4 Å². The first-order chi connectivity index (χ1) is 11.2. The van der Waals surface area contributed by atoms with Crippen LogP contribution in [0, 0.1) is 12.7 Å². The molecule has 6 heteroatoms. The van der Waals surface area contributed by atoms with Gasteiger partial charge < -0.3 is 0 Å². The van der Waals surface area contributed by atoms with Gasteiger partial charge in [-0.2, -0.15) is 0 Å². The first-order valence-corrected chi connectivity index (χ1v) is 7.94. The molecule has 1 aromatic carbocycles. The van der Waals surface area contributed by atoms with Crippen LogP contribution in [0.3, 0.4) is 0 Å². The summed E-state index contributed by atoms with van der Waals surface area (Å²) in [4.78, 5) is 17.1. The van der Waals surface area contributed by atoms with E-state index in [2.05, 4.69) is 10.4 Å². The first kappa shape index (κ1) is 18.0. The predicted octanol–water partition coefficient (Wildman–Crippen LogP) is 3.65. The monoisotopic (exact) mass is 345 g/mol. The van der Waals surface area contributed by atoms with Crippen LogP contribution in [-0.4, -0.2) is 26.4 Å². The van der Waals surface area contributed by atoms with Gasteiger partial charge in [0.2, 0.25) is 0 Å². The molecule has 4 nitrogen and oxygen atoms in total. The molecule has 0 spiro atoms. The minimum atomic E-state index is -0.577. The van der Waals surface area contributed by atoms with Gasteiger partial charge in [0.05, 0.1) is 11.1 Å². The van der Waals surface area contributed by atoms with Gasteiger partial charge in [-0.05, 0) is 52.0 Å². The van der Waals surface area contributed by atoms with Gasteiger partial charge in [-0.25, -0.2) is 4.39 Å². The molecule has 0 fully saturated rings. The number of hydrogen-bond donors (Lipinski definition) is 1. The van der Waals surface area contributed by atoms with Crippen molar-refractivity contribution >= 4 is 23.1 Å². The largest absolute Gasteiger partial charge is 0.272 e. The van der Waals surface area contributed by atoms with E-state index >= 15 is 0 Å². The van der Waals surface area contributed by atoms with E-state index < -0.39 is 17.3 Å². The SMILES string of the molecule is Cc1ncccc1C(=S)N(NC(=O)c1ccccc1F)C(C)(C)C. The van der Waals surface area contributed by atoms with Crippen molar-refractivity contribution in [2.75, 3.05) is 0 Å². The van der Waals surface area contributed by atoms with E-state index in [0.717, 1.165) is 11.3 Å². The van der Waals surface area contributed by atoms with E-state index in [1.165, 1.54) is 18.2 Å². The van der Waals surface area contributed by atoms with Gasteiger partial charge in [0, 0.05) is 17.5 Å². The van der Waals surface area contributed by atoms with Gasteiger partial charge in [-0.15, -0.1) is 0 Å². The van der Waals surface area contributed by atoms with Crippen LogP contribution in [0.2, 0.25) is 0 Å². The van der Waals surface area contributed by atoms with Crippen molar-refractivity contribution in [3.63, 3.8) is 0 Å². The number of hydrazine groups is 1.